The van der Waals surface area contributed by atoms with E-state index in [1.165, 1.54) is 0 Å². The average molecular weight is 421 g/mol. The number of carbonyl (C=O) groups is 1. The molecule has 1 aromatic carbocycles. The van der Waals surface area contributed by atoms with E-state index in [0.29, 0.717) is 6.42 Å². The predicted molar refractivity (Wildman–Crippen MR) is 94.2 cm³/mol. The van der Waals surface area contributed by atoms with E-state index in [2.05, 4.69) is 33.3 Å². The monoisotopic (exact) mass is 421 g/mol. The van der Waals surface area contributed by atoms with E-state index < -0.39 is 23.8 Å². The standard InChI is InChI=1S/C15H24IN3O3/c1-15(2,3)19-14(21)22-13(12(20)9-18-17)8-10-4-6-11(16)7-5-10/h4-7,12-13,18,20H,8-9,17H2,1-3H3,(H,19,21)/t12-,13-/m0/s1. The van der Waals surface area contributed by atoms with Gasteiger partial charge in [-0.15, -0.1) is 0 Å². The number of rotatable bonds is 6. The van der Waals surface area contributed by atoms with Gasteiger partial charge in [0.2, 0.25) is 0 Å². The average Bonchev–Trinajstić information content (AvgIpc) is 2.38. The normalized spacial score (nSPS) is 14.3. The molecule has 0 aliphatic carbocycles. The number of benzene rings is 1. The summed E-state index contributed by atoms with van der Waals surface area (Å²) in [6.07, 6.45) is -1.72. The molecule has 0 saturated heterocycles. The highest BCUT2D eigenvalue weighted by Crippen LogP contribution is 2.13. The number of carbonyl (C=O) groups excluding carboxylic acids is 1. The van der Waals surface area contributed by atoms with Gasteiger partial charge in [-0.2, -0.15) is 0 Å². The van der Waals surface area contributed by atoms with Crippen LogP contribution in [-0.2, 0) is 11.2 Å². The van der Waals surface area contributed by atoms with E-state index >= 15 is 0 Å². The smallest absolute Gasteiger partial charge is 0.407 e. The fraction of sp³-hybridized carbons (Fsp3) is 0.533. The van der Waals surface area contributed by atoms with Crippen molar-refractivity contribution in [2.45, 2.75) is 44.9 Å². The van der Waals surface area contributed by atoms with E-state index in [9.17, 15) is 9.90 Å². The van der Waals surface area contributed by atoms with Crippen LogP contribution in [0.25, 0.3) is 0 Å². The third-order valence-corrected chi connectivity index (χ3v) is 3.56. The van der Waals surface area contributed by atoms with Crippen molar-refractivity contribution in [2.75, 3.05) is 6.54 Å². The SMILES string of the molecule is CC(C)(C)NC(=O)O[C@@H](Cc1ccc(I)cc1)[C@@H](O)CNN. The minimum atomic E-state index is -0.894. The van der Waals surface area contributed by atoms with Gasteiger partial charge in [0.1, 0.15) is 12.2 Å². The van der Waals surface area contributed by atoms with Crippen molar-refractivity contribution in [1.82, 2.24) is 10.7 Å². The van der Waals surface area contributed by atoms with Gasteiger partial charge in [-0.3, -0.25) is 11.3 Å². The van der Waals surface area contributed by atoms with Crippen molar-refractivity contribution in [3.05, 3.63) is 33.4 Å². The molecule has 1 rings (SSSR count). The van der Waals surface area contributed by atoms with Crippen LogP contribution >= 0.6 is 22.6 Å². The van der Waals surface area contributed by atoms with Crippen LogP contribution in [0.3, 0.4) is 0 Å². The molecule has 124 valence electrons. The summed E-state index contributed by atoms with van der Waals surface area (Å²) < 4.78 is 6.50. The van der Waals surface area contributed by atoms with Gasteiger partial charge in [0.25, 0.3) is 0 Å². The number of aliphatic hydroxyl groups is 1. The molecule has 7 heteroatoms. The second-order valence-electron chi connectivity index (χ2n) is 6.12. The minimum absolute atomic E-state index is 0.137. The molecule has 1 aromatic rings. The Labute approximate surface area is 144 Å². The Balaban J connectivity index is 2.75. The molecule has 0 aliphatic heterocycles. The lowest BCUT2D eigenvalue weighted by Crippen LogP contribution is -2.47. The maximum atomic E-state index is 11.9. The van der Waals surface area contributed by atoms with Crippen molar-refractivity contribution in [3.8, 4) is 0 Å². The zero-order chi connectivity index (χ0) is 16.8. The summed E-state index contributed by atoms with van der Waals surface area (Å²) in [5, 5.41) is 12.8. The van der Waals surface area contributed by atoms with E-state index in [-0.39, 0.29) is 6.54 Å². The largest absolute Gasteiger partial charge is 0.443 e. The molecule has 0 saturated carbocycles. The highest BCUT2D eigenvalue weighted by molar-refractivity contribution is 14.1. The van der Waals surface area contributed by atoms with Gasteiger partial charge in [0.15, 0.2) is 0 Å². The first-order valence-electron chi connectivity index (χ1n) is 7.06. The Morgan fingerprint density at radius 2 is 1.95 bits per heavy atom. The number of halogens is 1. The van der Waals surface area contributed by atoms with Gasteiger partial charge in [-0.05, 0) is 61.1 Å². The number of hydrogen-bond donors (Lipinski definition) is 4. The Bertz CT molecular complexity index is 474. The molecule has 2 atom stereocenters. The van der Waals surface area contributed by atoms with Crippen molar-refractivity contribution >= 4 is 28.7 Å². The molecule has 0 aromatic heterocycles. The number of aliphatic hydroxyl groups excluding tert-OH is 1. The van der Waals surface area contributed by atoms with Gasteiger partial charge in [0, 0.05) is 22.1 Å². The van der Waals surface area contributed by atoms with Crippen LogP contribution in [0.2, 0.25) is 0 Å². The molecule has 6 nitrogen and oxygen atoms in total. The Kier molecular flexibility index (Phi) is 7.54. The molecule has 5 N–H and O–H groups in total. The maximum Gasteiger partial charge on any atom is 0.407 e. The molecule has 0 heterocycles. The first-order chi connectivity index (χ1) is 10.2. The van der Waals surface area contributed by atoms with E-state index in [0.717, 1.165) is 9.13 Å². The van der Waals surface area contributed by atoms with Crippen LogP contribution in [0.1, 0.15) is 26.3 Å². The van der Waals surface area contributed by atoms with E-state index in [1.54, 1.807) is 0 Å². The van der Waals surface area contributed by atoms with Gasteiger partial charge >= 0.3 is 6.09 Å². The quantitative estimate of drug-likeness (QED) is 0.318. The third-order valence-electron chi connectivity index (χ3n) is 2.84. The molecule has 0 radical (unpaired) electrons. The number of ether oxygens (including phenoxy) is 1. The summed E-state index contributed by atoms with van der Waals surface area (Å²) >= 11 is 2.22. The van der Waals surface area contributed by atoms with Crippen molar-refractivity contribution in [1.29, 1.82) is 0 Å². The van der Waals surface area contributed by atoms with E-state index in [1.807, 2.05) is 45.0 Å². The zero-order valence-corrected chi connectivity index (χ0v) is 15.3. The van der Waals surface area contributed by atoms with Crippen LogP contribution in [0.15, 0.2) is 24.3 Å². The molecule has 0 unspecified atom stereocenters. The summed E-state index contributed by atoms with van der Waals surface area (Å²) in [6.45, 7) is 5.72. The van der Waals surface area contributed by atoms with Crippen LogP contribution in [0, 0.1) is 3.57 Å². The summed E-state index contributed by atoms with van der Waals surface area (Å²) in [6, 6.07) is 7.83. The molecule has 0 aliphatic rings. The minimum Gasteiger partial charge on any atom is -0.443 e. The van der Waals surface area contributed by atoms with Crippen molar-refractivity contribution in [3.63, 3.8) is 0 Å². The van der Waals surface area contributed by atoms with Gasteiger partial charge in [-0.25, -0.2) is 4.79 Å². The number of alkyl carbamates (subject to hydrolysis) is 1. The zero-order valence-electron chi connectivity index (χ0n) is 13.1. The van der Waals surface area contributed by atoms with E-state index in [4.69, 9.17) is 10.6 Å². The molecule has 0 bridgehead atoms. The molecule has 22 heavy (non-hydrogen) atoms. The summed E-state index contributed by atoms with van der Waals surface area (Å²) in [5.74, 6) is 5.25. The topological polar surface area (TPSA) is 96.6 Å². The second kappa shape index (κ2) is 8.66. The maximum absolute atomic E-state index is 11.9. The lowest BCUT2D eigenvalue weighted by molar-refractivity contribution is 0.00162. The summed E-state index contributed by atoms with van der Waals surface area (Å²) in [4.78, 5) is 11.9. The molecule has 0 fully saturated rings. The molecule has 0 spiro atoms. The first-order valence-corrected chi connectivity index (χ1v) is 8.14. The lowest BCUT2D eigenvalue weighted by Gasteiger charge is -2.26. The van der Waals surface area contributed by atoms with Gasteiger partial charge in [-0.1, -0.05) is 12.1 Å². The fourth-order valence-electron chi connectivity index (χ4n) is 1.83. The predicted octanol–water partition coefficient (Wildman–Crippen LogP) is 1.55. The number of nitrogens with one attached hydrogen (secondary N) is 2. The third kappa shape index (κ3) is 7.39. The highest BCUT2D eigenvalue weighted by atomic mass is 127. The van der Waals surface area contributed by atoms with Crippen LogP contribution in [0.5, 0.6) is 0 Å². The first kappa shape index (κ1) is 19.1. The van der Waals surface area contributed by atoms with Crippen LogP contribution < -0.4 is 16.6 Å². The number of hydrogen-bond acceptors (Lipinski definition) is 5. The molecule has 1 amide bonds. The second-order valence-corrected chi connectivity index (χ2v) is 7.37. The fourth-order valence-corrected chi connectivity index (χ4v) is 2.19. The number of hydrazine groups is 1. The van der Waals surface area contributed by atoms with Crippen molar-refractivity contribution in [2.24, 2.45) is 5.84 Å². The highest BCUT2D eigenvalue weighted by Gasteiger charge is 2.25. The number of nitrogens with two attached hydrogens (primary N) is 1. The van der Waals surface area contributed by atoms with Gasteiger partial charge in [0.05, 0.1) is 0 Å². The van der Waals surface area contributed by atoms with Gasteiger partial charge < -0.3 is 15.2 Å². The molecular weight excluding hydrogens is 397 g/mol. The lowest BCUT2D eigenvalue weighted by atomic mass is 10.0. The Morgan fingerprint density at radius 1 is 1.36 bits per heavy atom. The number of amides is 1. The van der Waals surface area contributed by atoms with Crippen molar-refractivity contribution < 1.29 is 14.6 Å². The van der Waals surface area contributed by atoms with Crippen LogP contribution in [0.4, 0.5) is 4.79 Å². The summed E-state index contributed by atoms with van der Waals surface area (Å²) in [5.41, 5.74) is 2.98. The van der Waals surface area contributed by atoms with Crippen LogP contribution in [-0.4, -0.2) is 35.5 Å². The molecular formula is C15H24IN3O3. The Morgan fingerprint density at radius 3 is 2.45 bits per heavy atom. The Hall–Kier alpha value is -0.900. The summed E-state index contributed by atoms with van der Waals surface area (Å²) in [7, 11) is 0.